The van der Waals surface area contributed by atoms with E-state index in [-0.39, 0.29) is 22.6 Å². The van der Waals surface area contributed by atoms with Gasteiger partial charge in [0.15, 0.2) is 0 Å². The molecule has 2 amide bonds. The number of nitrogens with zero attached hydrogens (tertiary/aromatic N) is 3. The molecule has 2 aromatic carbocycles. The predicted molar refractivity (Wildman–Crippen MR) is 122 cm³/mol. The van der Waals surface area contributed by atoms with Crippen molar-refractivity contribution in [1.82, 2.24) is 9.88 Å². The number of aromatic nitrogens is 1. The molecular formula is C23H18BF2N5O2. The quantitative estimate of drug-likeness (QED) is 0.591. The van der Waals surface area contributed by atoms with Crippen LogP contribution >= 0.6 is 0 Å². The lowest BCUT2D eigenvalue weighted by Crippen LogP contribution is -2.24. The number of carbonyl (C=O) groups is 2. The first-order valence-corrected chi connectivity index (χ1v) is 10.0. The van der Waals surface area contributed by atoms with Crippen molar-refractivity contribution >= 4 is 42.5 Å². The second-order valence-electron chi connectivity index (χ2n) is 7.40. The molecule has 7 nitrogen and oxygen atoms in total. The largest absolute Gasteiger partial charge is 0.358 e. The Labute approximate surface area is 190 Å². The summed E-state index contributed by atoms with van der Waals surface area (Å²) < 4.78 is 28.6. The van der Waals surface area contributed by atoms with Gasteiger partial charge in [-0.15, -0.1) is 0 Å². The van der Waals surface area contributed by atoms with E-state index in [0.717, 1.165) is 18.7 Å². The molecule has 1 aromatic heterocycles. The lowest BCUT2D eigenvalue weighted by Gasteiger charge is -2.15. The maximum absolute atomic E-state index is 14.7. The molecule has 0 saturated heterocycles. The first-order valence-electron chi connectivity index (χ1n) is 10.0. The number of halogens is 2. The van der Waals surface area contributed by atoms with E-state index in [4.69, 9.17) is 7.85 Å². The summed E-state index contributed by atoms with van der Waals surface area (Å²) in [6, 6.07) is 10.5. The van der Waals surface area contributed by atoms with Crippen LogP contribution in [0.25, 0.3) is 0 Å². The summed E-state index contributed by atoms with van der Waals surface area (Å²) in [4.78, 5) is 35.6. The van der Waals surface area contributed by atoms with Gasteiger partial charge in [-0.3, -0.25) is 14.6 Å². The number of pyridine rings is 1. The van der Waals surface area contributed by atoms with E-state index in [9.17, 15) is 18.4 Å². The SMILES string of the molecule is [B]c1ccc(NC(=O)c2cc(F)ccc2NC(=O)c2ccc(C3=NCCN3C)cc2F)nc1. The lowest BCUT2D eigenvalue weighted by atomic mass is 9.99. The standard InChI is InChI=1S/C23H18BF2N5O2/c1-31-9-8-27-21(31)13-2-5-16(18(26)10-13)22(32)29-19-6-4-15(25)11-17(19)23(33)30-20-7-3-14(24)12-28-20/h2-7,10-12H,8-9H2,1H3,(H,29,32)(H,28,30,33). The zero-order valence-electron chi connectivity index (χ0n) is 17.6. The normalized spacial score (nSPS) is 12.9. The van der Waals surface area contributed by atoms with E-state index in [1.54, 1.807) is 6.07 Å². The smallest absolute Gasteiger partial charge is 0.259 e. The Kier molecular flexibility index (Phi) is 6.17. The van der Waals surface area contributed by atoms with Crippen LogP contribution in [0.1, 0.15) is 26.3 Å². The Morgan fingerprint density at radius 2 is 1.79 bits per heavy atom. The Bertz CT molecular complexity index is 1260. The second-order valence-corrected chi connectivity index (χ2v) is 7.40. The minimum atomic E-state index is -0.785. The van der Waals surface area contributed by atoms with Crippen molar-refractivity contribution in [2.75, 3.05) is 30.8 Å². The zero-order chi connectivity index (χ0) is 23.5. The molecule has 0 bridgehead atoms. The van der Waals surface area contributed by atoms with Gasteiger partial charge in [-0.1, -0.05) is 17.6 Å². The third-order valence-corrected chi connectivity index (χ3v) is 5.03. The molecule has 0 aliphatic carbocycles. The first-order chi connectivity index (χ1) is 15.8. The van der Waals surface area contributed by atoms with Gasteiger partial charge in [0.1, 0.15) is 31.1 Å². The molecule has 164 valence electrons. The minimum Gasteiger partial charge on any atom is -0.358 e. The number of carbonyl (C=O) groups excluding carboxylic acids is 2. The lowest BCUT2D eigenvalue weighted by molar-refractivity contribution is 0.102. The van der Waals surface area contributed by atoms with Crippen LogP contribution in [-0.2, 0) is 0 Å². The molecule has 0 unspecified atom stereocenters. The van der Waals surface area contributed by atoms with Crippen molar-refractivity contribution in [2.24, 2.45) is 4.99 Å². The summed E-state index contributed by atoms with van der Waals surface area (Å²) in [7, 11) is 7.43. The van der Waals surface area contributed by atoms with Gasteiger partial charge in [0, 0.05) is 25.4 Å². The van der Waals surface area contributed by atoms with Crippen LogP contribution in [-0.4, -0.2) is 55.5 Å². The van der Waals surface area contributed by atoms with Gasteiger partial charge >= 0.3 is 0 Å². The maximum atomic E-state index is 14.7. The third kappa shape index (κ3) is 4.89. The Balaban J connectivity index is 1.56. The number of amides is 2. The number of hydrogen-bond donors (Lipinski definition) is 2. The Hall–Kier alpha value is -4.08. The molecule has 2 heterocycles. The number of likely N-dealkylation sites (N-methyl/N-ethyl adjacent to an activating group) is 1. The molecule has 1 aliphatic rings. The van der Waals surface area contributed by atoms with Gasteiger partial charge in [0.05, 0.1) is 23.4 Å². The van der Waals surface area contributed by atoms with Crippen molar-refractivity contribution in [1.29, 1.82) is 0 Å². The zero-order valence-corrected chi connectivity index (χ0v) is 17.6. The van der Waals surface area contributed by atoms with Crippen LogP contribution in [0.3, 0.4) is 0 Å². The highest BCUT2D eigenvalue weighted by atomic mass is 19.1. The summed E-state index contributed by atoms with van der Waals surface area (Å²) in [6.45, 7) is 1.36. The number of nitrogens with one attached hydrogen (secondary N) is 2. The van der Waals surface area contributed by atoms with Crippen molar-refractivity contribution in [2.45, 2.75) is 0 Å². The van der Waals surface area contributed by atoms with Crippen molar-refractivity contribution in [3.05, 3.63) is 83.1 Å². The van der Waals surface area contributed by atoms with E-state index in [1.807, 2.05) is 11.9 Å². The van der Waals surface area contributed by atoms with Gasteiger partial charge < -0.3 is 15.5 Å². The fourth-order valence-corrected chi connectivity index (χ4v) is 3.35. The molecule has 0 fully saturated rings. The van der Waals surface area contributed by atoms with Crippen LogP contribution in [0.15, 0.2) is 59.7 Å². The summed E-state index contributed by atoms with van der Waals surface area (Å²) in [6.07, 6.45) is 1.35. The third-order valence-electron chi connectivity index (χ3n) is 5.03. The summed E-state index contributed by atoms with van der Waals surface area (Å²) in [5.74, 6) is -2.08. The van der Waals surface area contributed by atoms with Crippen LogP contribution in [0, 0.1) is 11.6 Å². The molecule has 4 rings (SSSR count). The average Bonchev–Trinajstić information content (AvgIpc) is 3.22. The monoisotopic (exact) mass is 445 g/mol. The van der Waals surface area contributed by atoms with Crippen LogP contribution < -0.4 is 16.1 Å². The number of amidine groups is 1. The van der Waals surface area contributed by atoms with E-state index >= 15 is 0 Å². The number of benzene rings is 2. The van der Waals surface area contributed by atoms with Crippen LogP contribution in [0.5, 0.6) is 0 Å². The molecule has 33 heavy (non-hydrogen) atoms. The topological polar surface area (TPSA) is 86.7 Å². The van der Waals surface area contributed by atoms with E-state index in [1.165, 1.54) is 36.5 Å². The molecule has 0 atom stereocenters. The van der Waals surface area contributed by atoms with Gasteiger partial charge in [-0.05, 0) is 36.4 Å². The fraction of sp³-hybridized carbons (Fsp3) is 0.130. The van der Waals surface area contributed by atoms with E-state index in [0.29, 0.717) is 23.4 Å². The molecule has 1 aliphatic heterocycles. The molecular weight excluding hydrogens is 427 g/mol. The summed E-state index contributed by atoms with van der Waals surface area (Å²) >= 11 is 0. The maximum Gasteiger partial charge on any atom is 0.259 e. The highest BCUT2D eigenvalue weighted by Gasteiger charge is 2.20. The summed E-state index contributed by atoms with van der Waals surface area (Å²) in [5.41, 5.74) is 0.600. The van der Waals surface area contributed by atoms with Crippen molar-refractivity contribution in [3.63, 3.8) is 0 Å². The van der Waals surface area contributed by atoms with Crippen LogP contribution in [0.2, 0.25) is 0 Å². The van der Waals surface area contributed by atoms with Crippen LogP contribution in [0.4, 0.5) is 20.3 Å². The van der Waals surface area contributed by atoms with Crippen molar-refractivity contribution < 1.29 is 18.4 Å². The molecule has 2 radical (unpaired) electrons. The van der Waals surface area contributed by atoms with Gasteiger partial charge in [-0.2, -0.15) is 0 Å². The highest BCUT2D eigenvalue weighted by Crippen LogP contribution is 2.21. The van der Waals surface area contributed by atoms with E-state index in [2.05, 4.69) is 20.6 Å². The number of hydrogen-bond acceptors (Lipinski definition) is 5. The van der Waals surface area contributed by atoms with Crippen molar-refractivity contribution in [3.8, 4) is 0 Å². The first kappa shape index (κ1) is 22.1. The molecule has 10 heteroatoms. The highest BCUT2D eigenvalue weighted by molar-refractivity contribution is 6.32. The van der Waals surface area contributed by atoms with Gasteiger partial charge in [0.25, 0.3) is 11.8 Å². The fourth-order valence-electron chi connectivity index (χ4n) is 3.35. The number of rotatable bonds is 5. The second kappa shape index (κ2) is 9.19. The molecule has 0 saturated carbocycles. The Morgan fingerprint density at radius 3 is 2.45 bits per heavy atom. The predicted octanol–water partition coefficient (Wildman–Crippen LogP) is 2.35. The number of anilines is 2. The Morgan fingerprint density at radius 1 is 1.00 bits per heavy atom. The van der Waals surface area contributed by atoms with Gasteiger partial charge in [-0.25, -0.2) is 13.8 Å². The van der Waals surface area contributed by atoms with Gasteiger partial charge in [0.2, 0.25) is 0 Å². The summed E-state index contributed by atoms with van der Waals surface area (Å²) in [5, 5.41) is 4.99. The van der Waals surface area contributed by atoms with E-state index < -0.39 is 23.4 Å². The molecule has 3 aromatic rings. The average molecular weight is 445 g/mol. The molecule has 0 spiro atoms. The number of aliphatic imine (C=N–C) groups is 1. The molecule has 2 N–H and O–H groups in total. The minimum absolute atomic E-state index is 0.0118.